The number of nitrogens with zero attached hydrogens (tertiary/aromatic N) is 3. The van der Waals surface area contributed by atoms with E-state index in [9.17, 15) is 9.18 Å². The van der Waals surface area contributed by atoms with E-state index >= 15 is 0 Å². The molecule has 24 heavy (non-hydrogen) atoms. The number of morpholine rings is 1. The summed E-state index contributed by atoms with van der Waals surface area (Å²) in [5.74, 6) is 0.254. The van der Waals surface area contributed by atoms with Gasteiger partial charge in [-0.25, -0.2) is 9.37 Å². The third kappa shape index (κ3) is 3.68. The zero-order valence-electron chi connectivity index (χ0n) is 13.4. The van der Waals surface area contributed by atoms with Crippen LogP contribution in [0.3, 0.4) is 0 Å². The quantitative estimate of drug-likeness (QED) is 0.926. The van der Waals surface area contributed by atoms with E-state index < -0.39 is 0 Å². The number of amides is 1. The van der Waals surface area contributed by atoms with Crippen molar-refractivity contribution in [3.63, 3.8) is 0 Å². The number of ether oxygens (including phenoxy) is 1. The first-order valence-corrected chi connectivity index (χ1v) is 7.80. The van der Waals surface area contributed by atoms with E-state index in [2.05, 4.69) is 15.3 Å². The van der Waals surface area contributed by atoms with E-state index in [0.29, 0.717) is 36.8 Å². The van der Waals surface area contributed by atoms with Gasteiger partial charge in [0.15, 0.2) is 0 Å². The summed E-state index contributed by atoms with van der Waals surface area (Å²) in [6.07, 6.45) is 3.05. The largest absolute Gasteiger partial charge is 0.372 e. The van der Waals surface area contributed by atoms with Crippen LogP contribution in [0.15, 0.2) is 36.7 Å². The molecule has 1 saturated heterocycles. The van der Waals surface area contributed by atoms with Gasteiger partial charge in [0, 0.05) is 26.0 Å². The highest BCUT2D eigenvalue weighted by molar-refractivity contribution is 5.79. The van der Waals surface area contributed by atoms with Crippen LogP contribution in [0.1, 0.15) is 17.4 Å². The molecule has 3 rings (SSSR count). The number of benzene rings is 1. The molecule has 1 N–H and O–H groups in total. The Morgan fingerprint density at radius 1 is 1.42 bits per heavy atom. The summed E-state index contributed by atoms with van der Waals surface area (Å²) >= 11 is 0. The molecule has 1 aromatic carbocycles. The zero-order chi connectivity index (χ0) is 16.9. The lowest BCUT2D eigenvalue weighted by Crippen LogP contribution is -2.43. The van der Waals surface area contributed by atoms with E-state index in [-0.39, 0.29) is 24.2 Å². The molecule has 2 aromatic rings. The summed E-state index contributed by atoms with van der Waals surface area (Å²) in [5, 5.41) is 2.98. The maximum atomic E-state index is 13.3. The van der Waals surface area contributed by atoms with Crippen molar-refractivity contribution < 1.29 is 13.9 Å². The van der Waals surface area contributed by atoms with Gasteiger partial charge in [0.05, 0.1) is 19.6 Å². The second-order valence-corrected chi connectivity index (χ2v) is 5.55. The van der Waals surface area contributed by atoms with Gasteiger partial charge in [0.25, 0.3) is 0 Å². The highest BCUT2D eigenvalue weighted by atomic mass is 19.1. The van der Waals surface area contributed by atoms with Gasteiger partial charge in [-0.3, -0.25) is 9.78 Å². The third-order valence-corrected chi connectivity index (χ3v) is 3.93. The molecular formula is C17H19FN4O2. The lowest BCUT2D eigenvalue weighted by molar-refractivity contribution is -0.138. The Balaban J connectivity index is 1.70. The molecule has 0 spiro atoms. The minimum absolute atomic E-state index is 0.0520. The van der Waals surface area contributed by atoms with Crippen molar-refractivity contribution in [2.24, 2.45) is 0 Å². The molecule has 126 valence electrons. The summed E-state index contributed by atoms with van der Waals surface area (Å²) in [5.41, 5.74) is 1.35. The van der Waals surface area contributed by atoms with Gasteiger partial charge in [-0.15, -0.1) is 0 Å². The van der Waals surface area contributed by atoms with Crippen LogP contribution >= 0.6 is 0 Å². The first-order valence-electron chi connectivity index (χ1n) is 7.80. The monoisotopic (exact) mass is 330 g/mol. The molecule has 7 heteroatoms. The third-order valence-electron chi connectivity index (χ3n) is 3.93. The van der Waals surface area contributed by atoms with Crippen molar-refractivity contribution in [1.29, 1.82) is 0 Å². The minimum Gasteiger partial charge on any atom is -0.372 e. The molecule has 1 aliphatic heterocycles. The number of aromatic nitrogens is 2. The number of hydrogen-bond donors (Lipinski definition) is 1. The van der Waals surface area contributed by atoms with Crippen LogP contribution in [0.4, 0.5) is 10.2 Å². The van der Waals surface area contributed by atoms with Gasteiger partial charge in [-0.1, -0.05) is 12.1 Å². The fraction of sp³-hybridized carbons (Fsp3) is 0.353. The number of anilines is 1. The van der Waals surface area contributed by atoms with Crippen LogP contribution in [0.2, 0.25) is 0 Å². The Kier molecular flexibility index (Phi) is 5.00. The van der Waals surface area contributed by atoms with Gasteiger partial charge in [-0.2, -0.15) is 0 Å². The molecule has 6 nitrogen and oxygen atoms in total. The maximum Gasteiger partial charge on any atom is 0.227 e. The van der Waals surface area contributed by atoms with E-state index in [4.69, 9.17) is 4.74 Å². The van der Waals surface area contributed by atoms with Crippen LogP contribution in [0, 0.1) is 5.82 Å². The number of halogens is 1. The summed E-state index contributed by atoms with van der Waals surface area (Å²) in [7, 11) is 1.77. The standard InChI is InChI=1S/C17H19FN4O2/c1-19-17-16(20-5-6-21-17)14-11-22(7-8-24-14)15(23)10-12-3-2-4-13(18)9-12/h2-6,9,14H,7-8,10-11H2,1H3,(H,19,21)/t14-/m1/s1. The number of carbonyl (C=O) groups excluding carboxylic acids is 1. The average molecular weight is 330 g/mol. The molecule has 1 fully saturated rings. The van der Waals surface area contributed by atoms with E-state index in [0.717, 1.165) is 0 Å². The summed E-state index contributed by atoms with van der Waals surface area (Å²) in [6, 6.07) is 6.11. The molecule has 2 heterocycles. The van der Waals surface area contributed by atoms with Crippen molar-refractivity contribution in [3.05, 3.63) is 53.7 Å². The number of hydrogen-bond acceptors (Lipinski definition) is 5. The van der Waals surface area contributed by atoms with Gasteiger partial charge in [-0.05, 0) is 17.7 Å². The Morgan fingerprint density at radius 3 is 3.04 bits per heavy atom. The van der Waals surface area contributed by atoms with Crippen molar-refractivity contribution in [2.45, 2.75) is 12.5 Å². The Bertz CT molecular complexity index is 725. The van der Waals surface area contributed by atoms with Crippen molar-refractivity contribution in [3.8, 4) is 0 Å². The lowest BCUT2D eigenvalue weighted by Gasteiger charge is -2.33. The fourth-order valence-electron chi connectivity index (χ4n) is 2.75. The van der Waals surface area contributed by atoms with E-state index in [1.165, 1.54) is 12.1 Å². The SMILES string of the molecule is CNc1nccnc1[C@H]1CN(C(=O)Cc2cccc(F)c2)CCO1. The first kappa shape index (κ1) is 16.3. The molecule has 1 aromatic heterocycles. The van der Waals surface area contributed by atoms with Gasteiger partial charge >= 0.3 is 0 Å². The molecule has 1 atom stereocenters. The fourth-order valence-corrected chi connectivity index (χ4v) is 2.75. The Labute approximate surface area is 139 Å². The molecular weight excluding hydrogens is 311 g/mol. The predicted octanol–water partition coefficient (Wildman–Crippen LogP) is 1.80. The first-order chi connectivity index (χ1) is 11.7. The maximum absolute atomic E-state index is 13.3. The molecule has 0 radical (unpaired) electrons. The molecule has 0 unspecified atom stereocenters. The van der Waals surface area contributed by atoms with Gasteiger partial charge < -0.3 is 15.0 Å². The van der Waals surface area contributed by atoms with Crippen molar-refractivity contribution in [2.75, 3.05) is 32.1 Å². The Hall–Kier alpha value is -2.54. The van der Waals surface area contributed by atoms with Crippen LogP contribution < -0.4 is 5.32 Å². The van der Waals surface area contributed by atoms with Crippen LogP contribution in [0.25, 0.3) is 0 Å². The van der Waals surface area contributed by atoms with Gasteiger partial charge in [0.1, 0.15) is 23.4 Å². The Morgan fingerprint density at radius 2 is 2.25 bits per heavy atom. The number of nitrogens with one attached hydrogen (secondary N) is 1. The summed E-state index contributed by atoms with van der Waals surface area (Å²) < 4.78 is 19.0. The predicted molar refractivity (Wildman–Crippen MR) is 87.0 cm³/mol. The molecule has 1 amide bonds. The summed E-state index contributed by atoms with van der Waals surface area (Å²) in [4.78, 5) is 22.8. The highest BCUT2D eigenvalue weighted by Crippen LogP contribution is 2.25. The molecule has 0 bridgehead atoms. The van der Waals surface area contributed by atoms with Crippen LogP contribution in [-0.4, -0.2) is 47.5 Å². The van der Waals surface area contributed by atoms with Crippen LogP contribution in [-0.2, 0) is 16.0 Å². The average Bonchev–Trinajstić information content (AvgIpc) is 2.62. The molecule has 0 saturated carbocycles. The molecule has 1 aliphatic rings. The highest BCUT2D eigenvalue weighted by Gasteiger charge is 2.28. The van der Waals surface area contributed by atoms with Gasteiger partial charge in [0.2, 0.25) is 5.91 Å². The normalized spacial score (nSPS) is 17.6. The number of rotatable bonds is 4. The van der Waals surface area contributed by atoms with Crippen LogP contribution in [0.5, 0.6) is 0 Å². The second kappa shape index (κ2) is 7.35. The minimum atomic E-state index is -0.335. The lowest BCUT2D eigenvalue weighted by atomic mass is 10.1. The zero-order valence-corrected chi connectivity index (χ0v) is 13.4. The smallest absolute Gasteiger partial charge is 0.227 e. The summed E-state index contributed by atoms with van der Waals surface area (Å²) in [6.45, 7) is 1.35. The second-order valence-electron chi connectivity index (χ2n) is 5.55. The van der Waals surface area contributed by atoms with E-state index in [1.54, 1.807) is 36.5 Å². The molecule has 0 aliphatic carbocycles. The number of carbonyl (C=O) groups is 1. The van der Waals surface area contributed by atoms with E-state index in [1.807, 2.05) is 0 Å². The van der Waals surface area contributed by atoms with Crippen molar-refractivity contribution >= 4 is 11.7 Å². The van der Waals surface area contributed by atoms with Crippen molar-refractivity contribution in [1.82, 2.24) is 14.9 Å². The topological polar surface area (TPSA) is 67.4 Å².